The lowest BCUT2D eigenvalue weighted by molar-refractivity contribution is -0.161. The Bertz CT molecular complexity index is 1540. The van der Waals surface area contributed by atoms with Crippen LogP contribution in [0.1, 0.15) is 72.3 Å². The summed E-state index contributed by atoms with van der Waals surface area (Å²) >= 11 is 0. The number of carbonyl (C=O) groups excluding carboxylic acids is 1. The van der Waals surface area contributed by atoms with E-state index >= 15 is 0 Å². The molecule has 0 spiro atoms. The van der Waals surface area contributed by atoms with E-state index in [1.165, 1.54) is 42.5 Å². The number of hydrogen-bond acceptors (Lipinski definition) is 7. The van der Waals surface area contributed by atoms with Crippen molar-refractivity contribution in [2.45, 2.75) is 89.9 Å². The van der Waals surface area contributed by atoms with Crippen molar-refractivity contribution in [3.63, 3.8) is 0 Å². The first-order chi connectivity index (χ1) is 20.6. The van der Waals surface area contributed by atoms with Gasteiger partial charge in [-0.3, -0.25) is 4.79 Å². The average Bonchev–Trinajstić information content (AvgIpc) is 2.91. The highest BCUT2D eigenvalue weighted by Gasteiger charge is 2.48. The van der Waals surface area contributed by atoms with Crippen molar-refractivity contribution in [1.29, 1.82) is 0 Å². The van der Waals surface area contributed by atoms with Crippen LogP contribution in [0, 0.1) is 5.41 Å². The van der Waals surface area contributed by atoms with E-state index < -0.39 is 58.6 Å². The number of fused-ring (bicyclic) bond motifs is 1. The van der Waals surface area contributed by atoms with Gasteiger partial charge in [0.05, 0.1) is 29.8 Å². The van der Waals surface area contributed by atoms with Crippen LogP contribution in [0.15, 0.2) is 57.7 Å². The van der Waals surface area contributed by atoms with Gasteiger partial charge in [0.1, 0.15) is 11.3 Å². The minimum atomic E-state index is -4.66. The van der Waals surface area contributed by atoms with E-state index in [1.807, 2.05) is 0 Å². The molecule has 0 amide bonds. The summed E-state index contributed by atoms with van der Waals surface area (Å²) in [5, 5.41) is 0.364. The zero-order chi connectivity index (χ0) is 33.8. The number of benzene rings is 2. The fourth-order valence-corrected chi connectivity index (χ4v) is 5.11. The summed E-state index contributed by atoms with van der Waals surface area (Å²) in [7, 11) is 0. The fourth-order valence-electron chi connectivity index (χ4n) is 5.11. The van der Waals surface area contributed by atoms with E-state index in [0.717, 1.165) is 6.07 Å². The van der Waals surface area contributed by atoms with Crippen molar-refractivity contribution in [3.05, 3.63) is 64.5 Å². The van der Waals surface area contributed by atoms with Crippen LogP contribution in [0.3, 0.4) is 0 Å². The van der Waals surface area contributed by atoms with Crippen LogP contribution < -0.4 is 21.8 Å². The molecule has 7 nitrogen and oxygen atoms in total. The van der Waals surface area contributed by atoms with Gasteiger partial charge >= 0.3 is 17.8 Å². The number of alkyl halides is 5. The molecule has 0 saturated carbocycles. The van der Waals surface area contributed by atoms with Crippen LogP contribution >= 0.6 is 0 Å². The van der Waals surface area contributed by atoms with Crippen LogP contribution in [0.5, 0.6) is 5.75 Å². The van der Waals surface area contributed by atoms with E-state index in [4.69, 9.17) is 25.4 Å². The molecule has 1 atom stereocenters. The Morgan fingerprint density at radius 3 is 2.07 bits per heavy atom. The Kier molecular flexibility index (Phi) is 10.8. The van der Waals surface area contributed by atoms with Crippen LogP contribution in [0.2, 0.25) is 0 Å². The molecule has 4 N–H and O–H groups in total. The summed E-state index contributed by atoms with van der Waals surface area (Å²) < 4.78 is 85.6. The molecule has 3 aromatic rings. The summed E-state index contributed by atoms with van der Waals surface area (Å²) in [5.74, 6) is -3.36. The molecule has 0 radical (unpaired) electrons. The van der Waals surface area contributed by atoms with Gasteiger partial charge in [0, 0.05) is 40.9 Å². The number of carbonyl (C=O) groups is 1. The van der Waals surface area contributed by atoms with E-state index in [2.05, 4.69) is 0 Å². The Balaban J connectivity index is 1.52. The van der Waals surface area contributed by atoms with Crippen molar-refractivity contribution in [2.75, 3.05) is 13.2 Å². The first-order valence-electron chi connectivity index (χ1n) is 14.6. The Morgan fingerprint density at radius 1 is 0.844 bits per heavy atom. The van der Waals surface area contributed by atoms with Crippen LogP contribution in [0.4, 0.5) is 22.0 Å². The molecule has 0 aliphatic carbocycles. The molecule has 0 saturated heterocycles. The molecule has 0 fully saturated rings. The second-order valence-corrected chi connectivity index (χ2v) is 13.0. The molecule has 1 heterocycles. The number of esters is 1. The number of ether oxygens (including phenoxy) is 2. The van der Waals surface area contributed by atoms with Gasteiger partial charge in [-0.1, -0.05) is 18.2 Å². The highest BCUT2D eigenvalue weighted by molar-refractivity contribution is 5.83. The topological polar surface area (TPSA) is 118 Å². The Morgan fingerprint density at radius 2 is 1.47 bits per heavy atom. The average molecular weight is 641 g/mol. The molecule has 12 heteroatoms. The van der Waals surface area contributed by atoms with Gasteiger partial charge in [-0.15, -0.1) is 0 Å². The number of rotatable bonds is 14. The molecule has 0 aliphatic rings. The normalized spacial score (nSPS) is 14.3. The van der Waals surface area contributed by atoms with E-state index in [1.54, 1.807) is 34.6 Å². The fraction of sp³-hybridized carbons (Fsp3) is 0.515. The van der Waals surface area contributed by atoms with Gasteiger partial charge in [0.2, 0.25) is 5.92 Å². The quantitative estimate of drug-likeness (QED) is 0.0813. The largest absolute Gasteiger partial charge is 0.493 e. The minimum absolute atomic E-state index is 0.00690. The summed E-state index contributed by atoms with van der Waals surface area (Å²) in [5.41, 5.74) is 7.22. The molecule has 248 valence electrons. The van der Waals surface area contributed by atoms with Gasteiger partial charge in [-0.2, -0.15) is 13.2 Å². The number of halogens is 5. The van der Waals surface area contributed by atoms with Gasteiger partial charge in [0.15, 0.2) is 0 Å². The molecular weight excluding hydrogens is 599 g/mol. The van der Waals surface area contributed by atoms with Gasteiger partial charge in [-0.05, 0) is 78.1 Å². The third-order valence-corrected chi connectivity index (χ3v) is 7.79. The predicted molar refractivity (Wildman–Crippen MR) is 162 cm³/mol. The second kappa shape index (κ2) is 13.5. The van der Waals surface area contributed by atoms with Crippen molar-refractivity contribution in [3.8, 4) is 16.9 Å². The smallest absolute Gasteiger partial charge is 0.417 e. The van der Waals surface area contributed by atoms with E-state index in [0.29, 0.717) is 5.39 Å². The van der Waals surface area contributed by atoms with Gasteiger partial charge < -0.3 is 25.4 Å². The molecule has 0 aliphatic heterocycles. The molecule has 45 heavy (non-hydrogen) atoms. The Hall–Kier alpha value is -3.51. The molecule has 3 rings (SSSR count). The Labute approximate surface area is 259 Å². The molecule has 1 unspecified atom stereocenters. The zero-order valence-corrected chi connectivity index (χ0v) is 26.2. The highest BCUT2D eigenvalue weighted by atomic mass is 19.4. The molecule has 1 aromatic heterocycles. The van der Waals surface area contributed by atoms with Crippen LogP contribution in [-0.4, -0.2) is 36.2 Å². The first kappa shape index (κ1) is 36.0. The maximum Gasteiger partial charge on any atom is 0.417 e. The monoisotopic (exact) mass is 640 g/mol. The molecule has 0 bridgehead atoms. The summed E-state index contributed by atoms with van der Waals surface area (Å²) in [4.78, 5) is 25.5. The highest BCUT2D eigenvalue weighted by Crippen LogP contribution is 2.39. The standard InChI is InChI=1S/C33H41F5N2O5/c1-29(2,39)20-31(5,30(3,4)40)28(42)44-17-9-15-32(34,35)14-8-16-43-22-13-12-21-18-24(27(41)45-26(21)19-22)23-10-6-7-11-25(23)33(36,37)38/h6-7,10-13,18-19H,8-9,14-17,20,39-40H2,1-5H3. The summed E-state index contributed by atoms with van der Waals surface area (Å²) in [6.45, 7) is 8.35. The zero-order valence-electron chi connectivity index (χ0n) is 26.2. The van der Waals surface area contributed by atoms with Crippen LogP contribution in [-0.2, 0) is 15.7 Å². The maximum absolute atomic E-state index is 14.5. The van der Waals surface area contributed by atoms with Crippen molar-refractivity contribution in [1.82, 2.24) is 0 Å². The predicted octanol–water partition coefficient (Wildman–Crippen LogP) is 7.47. The SMILES string of the molecule is CC(C)(N)CC(C)(C(=O)OCCCC(F)(F)CCCOc1ccc2cc(-c3ccccc3C(F)(F)F)c(=O)oc2c1)C(C)(C)N. The third kappa shape index (κ3) is 9.49. The summed E-state index contributed by atoms with van der Waals surface area (Å²) in [6, 6.07) is 10.4. The molecular formula is C33H41F5N2O5. The molecule has 2 aromatic carbocycles. The number of hydrogen-bond donors (Lipinski definition) is 2. The summed E-state index contributed by atoms with van der Waals surface area (Å²) in [6.07, 6.45) is -5.42. The lowest BCUT2D eigenvalue weighted by atomic mass is 9.67. The maximum atomic E-state index is 14.5. The van der Waals surface area contributed by atoms with E-state index in [-0.39, 0.29) is 54.9 Å². The first-order valence-corrected chi connectivity index (χ1v) is 14.6. The van der Waals surface area contributed by atoms with Crippen molar-refractivity contribution >= 4 is 16.9 Å². The number of nitrogens with two attached hydrogens (primary N) is 2. The van der Waals surface area contributed by atoms with Crippen molar-refractivity contribution in [2.24, 2.45) is 16.9 Å². The van der Waals surface area contributed by atoms with E-state index in [9.17, 15) is 31.5 Å². The minimum Gasteiger partial charge on any atom is -0.493 e. The lowest BCUT2D eigenvalue weighted by Gasteiger charge is -2.42. The van der Waals surface area contributed by atoms with Crippen molar-refractivity contribution < 1.29 is 40.6 Å². The van der Waals surface area contributed by atoms with Crippen LogP contribution in [0.25, 0.3) is 22.1 Å². The van der Waals surface area contributed by atoms with Gasteiger partial charge in [-0.25, -0.2) is 13.6 Å². The third-order valence-electron chi connectivity index (χ3n) is 7.79. The lowest BCUT2D eigenvalue weighted by Crippen LogP contribution is -2.58. The van der Waals surface area contributed by atoms with Gasteiger partial charge in [0.25, 0.3) is 0 Å². The second-order valence-electron chi connectivity index (χ2n) is 13.0.